The number of nitrogens with one attached hydrogen (secondary N) is 4. The minimum Gasteiger partial charge on any atom is -0.383 e. The van der Waals surface area contributed by atoms with E-state index in [0.29, 0.717) is 47.6 Å². The molecule has 2 aliphatic rings. The van der Waals surface area contributed by atoms with E-state index in [0.717, 1.165) is 41.5 Å². The summed E-state index contributed by atoms with van der Waals surface area (Å²) < 4.78 is 54.9. The molecular formula is C26H31F2N7O3S. The Bertz CT molecular complexity index is 1470. The van der Waals surface area contributed by atoms with Crippen molar-refractivity contribution in [2.45, 2.75) is 36.7 Å². The number of carbonyl (C=O) groups is 1. The summed E-state index contributed by atoms with van der Waals surface area (Å²) in [5.41, 5.74) is 3.22. The third-order valence-corrected chi connectivity index (χ3v) is 8.89. The van der Waals surface area contributed by atoms with Gasteiger partial charge in [-0.05, 0) is 49.7 Å². The molecule has 39 heavy (non-hydrogen) atoms. The van der Waals surface area contributed by atoms with Crippen LogP contribution < -0.4 is 20.9 Å². The highest BCUT2D eigenvalue weighted by Crippen LogP contribution is 2.30. The Kier molecular flexibility index (Phi) is 7.56. The van der Waals surface area contributed by atoms with Crippen LogP contribution in [0.5, 0.6) is 0 Å². The first-order valence-corrected chi connectivity index (χ1v) is 14.2. The first-order chi connectivity index (χ1) is 18.6. The van der Waals surface area contributed by atoms with Crippen LogP contribution in [0.2, 0.25) is 0 Å². The molecule has 0 spiro atoms. The molecule has 208 valence electrons. The summed E-state index contributed by atoms with van der Waals surface area (Å²) in [6, 6.07) is 8.02. The van der Waals surface area contributed by atoms with Gasteiger partial charge in [-0.25, -0.2) is 17.2 Å². The normalized spacial score (nSPS) is 17.6. The van der Waals surface area contributed by atoms with Gasteiger partial charge in [-0.1, -0.05) is 0 Å². The number of rotatable bonds is 8. The first kappa shape index (κ1) is 27.0. The van der Waals surface area contributed by atoms with E-state index < -0.39 is 32.5 Å². The number of amides is 1. The van der Waals surface area contributed by atoms with Gasteiger partial charge < -0.3 is 20.9 Å². The Morgan fingerprint density at radius 1 is 1.18 bits per heavy atom. The minimum absolute atomic E-state index is 0.0955. The maximum atomic E-state index is 13.7. The van der Waals surface area contributed by atoms with Gasteiger partial charge in [0.25, 0.3) is 5.91 Å². The number of benzene rings is 2. The van der Waals surface area contributed by atoms with Crippen LogP contribution in [0.1, 0.15) is 34.5 Å². The molecule has 2 aliphatic heterocycles. The highest BCUT2D eigenvalue weighted by molar-refractivity contribution is 7.89. The van der Waals surface area contributed by atoms with Crippen LogP contribution in [-0.4, -0.2) is 68.6 Å². The second kappa shape index (κ2) is 10.9. The maximum absolute atomic E-state index is 13.7. The molecule has 0 saturated carbocycles. The molecule has 3 aromatic rings. The zero-order valence-electron chi connectivity index (χ0n) is 21.7. The van der Waals surface area contributed by atoms with Crippen molar-refractivity contribution in [1.82, 2.24) is 19.8 Å². The number of anilines is 3. The Labute approximate surface area is 225 Å². The number of halogens is 2. The third-order valence-electron chi connectivity index (χ3n) is 7.07. The molecule has 10 nitrogen and oxygen atoms in total. The molecular weight excluding hydrogens is 528 g/mol. The Hall–Kier alpha value is -3.55. The summed E-state index contributed by atoms with van der Waals surface area (Å²) in [5.74, 6) is -2.14. The SMILES string of the molecule is CN(C)c1ccc(C(=O)Nc2n[nH]c3c2CN(S(=O)(=O)c2cc(F)cc(F)c2)CC3)c(NCC2CCCN2)c1. The molecule has 4 N–H and O–H groups in total. The van der Waals surface area contributed by atoms with Gasteiger partial charge in [-0.15, -0.1) is 0 Å². The molecule has 1 amide bonds. The van der Waals surface area contributed by atoms with E-state index in [1.807, 2.05) is 31.1 Å². The van der Waals surface area contributed by atoms with Crippen LogP contribution in [0.3, 0.4) is 0 Å². The van der Waals surface area contributed by atoms with Crippen molar-refractivity contribution in [2.24, 2.45) is 0 Å². The molecule has 0 aliphatic carbocycles. The van der Waals surface area contributed by atoms with Crippen molar-refractivity contribution in [2.75, 3.05) is 49.3 Å². The van der Waals surface area contributed by atoms with Gasteiger partial charge >= 0.3 is 0 Å². The number of aromatic amines is 1. The Balaban J connectivity index is 1.37. The fourth-order valence-electron chi connectivity index (χ4n) is 4.90. The number of sulfonamides is 1. The van der Waals surface area contributed by atoms with Crippen molar-refractivity contribution in [3.05, 3.63) is 64.9 Å². The third kappa shape index (κ3) is 5.75. The number of carbonyl (C=O) groups excluding carboxylic acids is 1. The molecule has 1 aromatic heterocycles. The molecule has 0 bridgehead atoms. The number of aromatic nitrogens is 2. The van der Waals surface area contributed by atoms with Gasteiger partial charge in [0.1, 0.15) is 11.6 Å². The van der Waals surface area contributed by atoms with Crippen molar-refractivity contribution >= 4 is 33.1 Å². The first-order valence-electron chi connectivity index (χ1n) is 12.7. The summed E-state index contributed by atoms with van der Waals surface area (Å²) >= 11 is 0. The highest BCUT2D eigenvalue weighted by atomic mass is 32.2. The molecule has 3 heterocycles. The van der Waals surface area contributed by atoms with Crippen molar-refractivity contribution < 1.29 is 22.0 Å². The maximum Gasteiger partial charge on any atom is 0.258 e. The second-order valence-electron chi connectivity index (χ2n) is 9.98. The number of fused-ring (bicyclic) bond motifs is 1. The predicted molar refractivity (Wildman–Crippen MR) is 144 cm³/mol. The average molecular weight is 560 g/mol. The topological polar surface area (TPSA) is 122 Å². The fourth-order valence-corrected chi connectivity index (χ4v) is 6.35. The molecule has 13 heteroatoms. The largest absolute Gasteiger partial charge is 0.383 e. The minimum atomic E-state index is -4.18. The van der Waals surface area contributed by atoms with Crippen LogP contribution in [0.25, 0.3) is 0 Å². The van der Waals surface area contributed by atoms with Gasteiger partial charge in [-0.3, -0.25) is 9.89 Å². The van der Waals surface area contributed by atoms with E-state index in [1.165, 1.54) is 0 Å². The zero-order valence-corrected chi connectivity index (χ0v) is 22.5. The van der Waals surface area contributed by atoms with Crippen LogP contribution >= 0.6 is 0 Å². The number of hydrogen-bond donors (Lipinski definition) is 4. The van der Waals surface area contributed by atoms with Gasteiger partial charge in [-0.2, -0.15) is 9.40 Å². The summed E-state index contributed by atoms with van der Waals surface area (Å²) in [5, 5.41) is 16.8. The highest BCUT2D eigenvalue weighted by Gasteiger charge is 2.32. The lowest BCUT2D eigenvalue weighted by Crippen LogP contribution is -2.36. The average Bonchev–Trinajstić information content (AvgIpc) is 3.56. The number of hydrogen-bond acceptors (Lipinski definition) is 7. The van der Waals surface area contributed by atoms with E-state index in [9.17, 15) is 22.0 Å². The molecule has 1 atom stereocenters. The molecule has 2 aromatic carbocycles. The van der Waals surface area contributed by atoms with Crippen LogP contribution in [0.4, 0.5) is 26.0 Å². The van der Waals surface area contributed by atoms with Crippen molar-refractivity contribution in [3.8, 4) is 0 Å². The zero-order chi connectivity index (χ0) is 27.7. The van der Waals surface area contributed by atoms with E-state index in [4.69, 9.17) is 0 Å². The van der Waals surface area contributed by atoms with Crippen LogP contribution in [-0.2, 0) is 23.0 Å². The molecule has 1 fully saturated rings. The summed E-state index contributed by atoms with van der Waals surface area (Å²) in [6.45, 7) is 1.63. The predicted octanol–water partition coefficient (Wildman–Crippen LogP) is 2.92. The van der Waals surface area contributed by atoms with Gasteiger partial charge in [0.05, 0.1) is 10.5 Å². The van der Waals surface area contributed by atoms with Crippen molar-refractivity contribution in [3.63, 3.8) is 0 Å². The van der Waals surface area contributed by atoms with E-state index >= 15 is 0 Å². The smallest absolute Gasteiger partial charge is 0.258 e. The summed E-state index contributed by atoms with van der Waals surface area (Å²) in [4.78, 5) is 14.9. The summed E-state index contributed by atoms with van der Waals surface area (Å²) in [6.07, 6.45) is 2.47. The standard InChI is InChI=1S/C26H31F2N7O3S/c1-34(2)19-5-6-21(24(13-19)30-14-18-4-3-8-29-18)26(36)31-25-22-15-35(9-7-23(22)32-33-25)39(37,38)20-11-16(27)10-17(28)12-20/h5-6,10-13,18,29-30H,3-4,7-9,14-15H2,1-2H3,(H2,31,32,33,36). The molecule has 5 rings (SSSR count). The lowest BCUT2D eigenvalue weighted by molar-refractivity contribution is 0.102. The summed E-state index contributed by atoms with van der Waals surface area (Å²) in [7, 11) is -0.338. The second-order valence-corrected chi connectivity index (χ2v) is 11.9. The van der Waals surface area contributed by atoms with Gasteiger partial charge in [0, 0.05) is 74.9 Å². The van der Waals surface area contributed by atoms with Crippen LogP contribution in [0, 0.1) is 11.6 Å². The Morgan fingerprint density at radius 3 is 2.64 bits per heavy atom. The van der Waals surface area contributed by atoms with Crippen LogP contribution in [0.15, 0.2) is 41.3 Å². The van der Waals surface area contributed by atoms with Gasteiger partial charge in [0.2, 0.25) is 10.0 Å². The van der Waals surface area contributed by atoms with E-state index in [1.54, 1.807) is 6.07 Å². The van der Waals surface area contributed by atoms with Crippen molar-refractivity contribution in [1.29, 1.82) is 0 Å². The lowest BCUT2D eigenvalue weighted by atomic mass is 10.1. The van der Waals surface area contributed by atoms with Gasteiger partial charge in [0.15, 0.2) is 5.82 Å². The molecule has 0 radical (unpaired) electrons. The lowest BCUT2D eigenvalue weighted by Gasteiger charge is -2.26. The number of nitrogens with zero attached hydrogens (tertiary/aromatic N) is 3. The molecule has 1 saturated heterocycles. The quantitative estimate of drug-likeness (QED) is 0.335. The monoisotopic (exact) mass is 559 g/mol. The number of H-pyrrole nitrogens is 1. The van der Waals surface area contributed by atoms with E-state index in [-0.39, 0.29) is 18.9 Å². The molecule has 1 unspecified atom stereocenters. The Morgan fingerprint density at radius 2 is 1.95 bits per heavy atom. The fraction of sp³-hybridized carbons (Fsp3) is 0.385. The van der Waals surface area contributed by atoms with E-state index in [2.05, 4.69) is 26.1 Å².